The molecule has 1 amide bonds. The first-order valence-corrected chi connectivity index (χ1v) is 26.3. The van der Waals surface area contributed by atoms with E-state index in [1.54, 1.807) is 26.4 Å². The second-order valence-corrected chi connectivity index (χ2v) is 18.2. The number of rotatable bonds is 38. The number of phenolic OH excluding ortho intramolecular Hbond substituents is 1. The van der Waals surface area contributed by atoms with E-state index >= 15 is 0 Å². The minimum atomic E-state index is -0.532. The number of hydrogen-bond acceptors (Lipinski definition) is 19. The number of hydrazone groups is 1. The lowest BCUT2D eigenvalue weighted by Crippen LogP contribution is -2.41. The molecular weight excluding hydrogens is 999 g/mol. The molecule has 1 aliphatic carbocycles. The molecule has 7 rings (SSSR count). The van der Waals surface area contributed by atoms with Crippen molar-refractivity contribution in [2.24, 2.45) is 16.9 Å². The number of aromatic hydroxyl groups is 1. The Morgan fingerprint density at radius 3 is 1.79 bits per heavy atom. The molecule has 0 spiro atoms. The van der Waals surface area contributed by atoms with Gasteiger partial charge in [-0.1, -0.05) is 12.1 Å². The number of carbonyl (C=O) groups excluding carboxylic acids is 2. The summed E-state index contributed by atoms with van der Waals surface area (Å²) in [6.45, 7) is 7.43. The fourth-order valence-corrected chi connectivity index (χ4v) is 9.41. The highest BCUT2D eigenvalue weighted by Crippen LogP contribution is 2.52. The Bertz CT molecular complexity index is 2430. The van der Waals surface area contributed by atoms with Crippen molar-refractivity contribution in [1.29, 1.82) is 0 Å². The molecule has 20 heteroatoms. The summed E-state index contributed by atoms with van der Waals surface area (Å²) in [7, 11) is 4.72. The number of aliphatic hydroxyl groups is 1. The van der Waals surface area contributed by atoms with Crippen molar-refractivity contribution in [3.8, 4) is 34.5 Å². The second-order valence-electron chi connectivity index (χ2n) is 18.2. The minimum Gasteiger partial charge on any atom is -0.508 e. The first kappa shape index (κ1) is 58.6. The molecule has 0 bridgehead atoms. The number of nitrogens with zero attached hydrogens (tertiary/aromatic N) is 2. The summed E-state index contributed by atoms with van der Waals surface area (Å²) >= 11 is 0. The fraction of sp³-hybridized carbons (Fsp3) is 0.526. The maximum Gasteiger partial charge on any atom is 0.231 e. The van der Waals surface area contributed by atoms with Crippen LogP contribution in [0.4, 0.5) is 5.69 Å². The van der Waals surface area contributed by atoms with Gasteiger partial charge in [-0.2, -0.15) is 5.10 Å². The summed E-state index contributed by atoms with van der Waals surface area (Å²) < 4.78 is 73.5. The van der Waals surface area contributed by atoms with E-state index in [4.69, 9.17) is 66.7 Å². The lowest BCUT2D eigenvalue weighted by Gasteiger charge is -2.38. The van der Waals surface area contributed by atoms with Crippen molar-refractivity contribution in [1.82, 2.24) is 5.32 Å². The predicted octanol–water partition coefficient (Wildman–Crippen LogP) is 5.47. The van der Waals surface area contributed by atoms with Gasteiger partial charge in [0.25, 0.3) is 0 Å². The van der Waals surface area contributed by atoms with Gasteiger partial charge in [0.1, 0.15) is 17.3 Å². The molecule has 4 aromatic rings. The Kier molecular flexibility index (Phi) is 24.3. The van der Waals surface area contributed by atoms with Crippen LogP contribution < -0.4 is 34.0 Å². The van der Waals surface area contributed by atoms with Crippen LogP contribution in [0.3, 0.4) is 0 Å². The molecule has 2 heterocycles. The van der Waals surface area contributed by atoms with Gasteiger partial charge < -0.3 is 77.1 Å². The van der Waals surface area contributed by atoms with Crippen molar-refractivity contribution in [2.45, 2.75) is 38.2 Å². The van der Waals surface area contributed by atoms with Crippen LogP contribution in [-0.2, 0) is 60.5 Å². The zero-order valence-corrected chi connectivity index (χ0v) is 44.5. The maximum atomic E-state index is 14.8. The van der Waals surface area contributed by atoms with E-state index in [0.717, 1.165) is 39.4 Å². The largest absolute Gasteiger partial charge is 0.508 e. The monoisotopic (exact) mass is 1070 g/mol. The summed E-state index contributed by atoms with van der Waals surface area (Å²) in [5.41, 5.74) is 5.82. The molecule has 77 heavy (non-hydrogen) atoms. The molecule has 20 nitrogen and oxygen atoms in total. The zero-order chi connectivity index (χ0) is 54.0. The zero-order valence-electron chi connectivity index (χ0n) is 44.5. The minimum absolute atomic E-state index is 0.0678. The van der Waals surface area contributed by atoms with Gasteiger partial charge in [-0.15, -0.1) is 0 Å². The van der Waals surface area contributed by atoms with Gasteiger partial charge in [0.2, 0.25) is 12.7 Å². The highest BCUT2D eigenvalue weighted by Gasteiger charge is 2.49. The van der Waals surface area contributed by atoms with Gasteiger partial charge in [0, 0.05) is 54.9 Å². The number of phenols is 1. The first-order valence-electron chi connectivity index (χ1n) is 26.3. The van der Waals surface area contributed by atoms with Crippen LogP contribution in [0.25, 0.3) is 0 Å². The Hall–Kier alpha value is -6.07. The number of benzene rings is 4. The number of ether oxygens (including phenoxy) is 13. The average Bonchev–Trinajstić information content (AvgIpc) is 4.17. The van der Waals surface area contributed by atoms with E-state index in [9.17, 15) is 19.8 Å². The number of carbonyl (C=O) groups is 2. The van der Waals surface area contributed by atoms with Gasteiger partial charge in [-0.3, -0.25) is 14.6 Å². The van der Waals surface area contributed by atoms with Crippen molar-refractivity contribution >= 4 is 23.1 Å². The van der Waals surface area contributed by atoms with Crippen LogP contribution in [0.1, 0.15) is 53.0 Å². The summed E-state index contributed by atoms with van der Waals surface area (Å²) in [6.07, 6.45) is 1.77. The summed E-state index contributed by atoms with van der Waals surface area (Å²) in [5.74, 6) is 1.80. The van der Waals surface area contributed by atoms with Crippen molar-refractivity contribution in [3.05, 3.63) is 101 Å². The molecule has 0 saturated heterocycles. The molecular formula is C57H75N3O17. The molecule has 0 fully saturated rings. The number of amides is 1. The smallest absolute Gasteiger partial charge is 0.231 e. The van der Waals surface area contributed by atoms with Crippen molar-refractivity contribution in [3.63, 3.8) is 0 Å². The Balaban J connectivity index is 0.729. The molecule has 0 radical (unpaired) electrons. The van der Waals surface area contributed by atoms with E-state index in [1.807, 2.05) is 65.7 Å². The van der Waals surface area contributed by atoms with Crippen LogP contribution >= 0.6 is 0 Å². The Morgan fingerprint density at radius 1 is 0.662 bits per heavy atom. The lowest BCUT2D eigenvalue weighted by atomic mass is 9.63. The van der Waals surface area contributed by atoms with Gasteiger partial charge in [-0.05, 0) is 90.2 Å². The molecule has 2 aliphatic heterocycles. The molecule has 3 N–H and O–H groups in total. The van der Waals surface area contributed by atoms with Gasteiger partial charge >= 0.3 is 0 Å². The lowest BCUT2D eigenvalue weighted by molar-refractivity contribution is -0.124. The number of hydrogen-bond donors (Lipinski definition) is 3. The van der Waals surface area contributed by atoms with Crippen LogP contribution in [0.2, 0.25) is 0 Å². The number of anilines is 1. The SMILES string of the molecule is COc1ccc(N2CC3C(=N2)c2cc4c(cc2C(c2cc(CO)c(OC)c(OC)c2)C3C(=O)CCCOCCOCCOCCOCCOCCOCCOCCOCCC(=O)NCCc2ccc(O)cc2)OCO4)cc1. The van der Waals surface area contributed by atoms with E-state index in [0.29, 0.717) is 160 Å². The van der Waals surface area contributed by atoms with Crippen LogP contribution in [-0.4, -0.2) is 175 Å². The third-order valence-electron chi connectivity index (χ3n) is 13.2. The van der Waals surface area contributed by atoms with Crippen LogP contribution in [0.15, 0.2) is 77.9 Å². The third-order valence-corrected chi connectivity index (χ3v) is 13.2. The van der Waals surface area contributed by atoms with Crippen LogP contribution in [0.5, 0.6) is 34.5 Å². The molecule has 4 aromatic carbocycles. The Morgan fingerprint density at radius 2 is 1.23 bits per heavy atom. The van der Waals surface area contributed by atoms with E-state index in [1.165, 1.54) is 7.11 Å². The maximum absolute atomic E-state index is 14.8. The second kappa shape index (κ2) is 32.0. The highest BCUT2D eigenvalue weighted by molar-refractivity contribution is 6.10. The molecule has 3 aliphatic rings. The van der Waals surface area contributed by atoms with Gasteiger partial charge in [0.05, 0.1) is 145 Å². The number of ketones is 1. The van der Waals surface area contributed by atoms with Crippen LogP contribution in [0, 0.1) is 11.8 Å². The standard InChI is InChI=1S/C57H75N3O17/c1-65-45-12-8-43(9-13-45)60-37-48-55(54(41-33-42(38-61)57(67-3)52(34-41)66-2)46-35-50-51(77-39-76-50)36-47(46)56(48)59-60)49(63)5-4-17-68-19-21-70-23-25-72-27-29-74-31-32-75-30-28-73-26-24-71-22-20-69-18-15-53(64)58-16-14-40-6-10-44(62)11-7-40/h6-13,33-36,48,54-55,61-62H,4-5,14-32,37-39H2,1-3H3,(H,58,64). The summed E-state index contributed by atoms with van der Waals surface area (Å²) in [6, 6.07) is 22.4. The van der Waals surface area contributed by atoms with Gasteiger partial charge in [-0.25, -0.2) is 0 Å². The fourth-order valence-electron chi connectivity index (χ4n) is 9.41. The van der Waals surface area contributed by atoms with E-state index in [-0.39, 0.29) is 49.6 Å². The summed E-state index contributed by atoms with van der Waals surface area (Å²) in [5, 5.41) is 29.8. The summed E-state index contributed by atoms with van der Waals surface area (Å²) in [4.78, 5) is 26.8. The third kappa shape index (κ3) is 17.5. The average molecular weight is 1070 g/mol. The molecule has 0 saturated carbocycles. The van der Waals surface area contributed by atoms with E-state index < -0.39 is 11.8 Å². The normalized spacial score (nSPS) is 16.2. The first-order chi connectivity index (χ1) is 37.8. The predicted molar refractivity (Wildman–Crippen MR) is 284 cm³/mol. The number of aliphatic hydroxyl groups excluding tert-OH is 1. The quantitative estimate of drug-likeness (QED) is 0.0474. The molecule has 0 aromatic heterocycles. The number of fused-ring (bicyclic) bond motifs is 4. The number of Topliss-reactive ketones (excluding diaryl/α,β-unsaturated/α-hetero) is 1. The molecule has 420 valence electrons. The number of nitrogens with one attached hydrogen (secondary N) is 1. The topological polar surface area (TPSA) is 222 Å². The van der Waals surface area contributed by atoms with Crippen molar-refractivity contribution < 1.29 is 81.4 Å². The number of methoxy groups -OCH3 is 3. The van der Waals surface area contributed by atoms with E-state index in [2.05, 4.69) is 5.32 Å². The molecule has 3 unspecified atom stereocenters. The van der Waals surface area contributed by atoms with Crippen molar-refractivity contribution in [2.75, 3.05) is 152 Å². The highest BCUT2D eigenvalue weighted by atomic mass is 16.7. The molecule has 3 atom stereocenters. The van der Waals surface area contributed by atoms with Gasteiger partial charge in [0.15, 0.2) is 23.0 Å². The Labute approximate surface area is 450 Å².